The molecule has 2 rings (SSSR count). The van der Waals surface area contributed by atoms with Gasteiger partial charge in [0.1, 0.15) is 11.3 Å². The van der Waals surface area contributed by atoms with Crippen LogP contribution in [0.4, 0.5) is 0 Å². The van der Waals surface area contributed by atoms with Gasteiger partial charge in [-0.1, -0.05) is 27.7 Å². The van der Waals surface area contributed by atoms with Gasteiger partial charge in [0, 0.05) is 22.9 Å². The van der Waals surface area contributed by atoms with Gasteiger partial charge in [-0.3, -0.25) is 4.79 Å². The number of rotatable bonds is 2. The molecule has 0 unspecified atom stereocenters. The number of fused-ring (bicyclic) bond motifs is 1. The van der Waals surface area contributed by atoms with Crippen LogP contribution in [0.15, 0.2) is 22.6 Å². The van der Waals surface area contributed by atoms with Crippen LogP contribution in [0, 0.1) is 0 Å². The summed E-state index contributed by atoms with van der Waals surface area (Å²) in [5.41, 5.74) is 2.87. The molecule has 0 aliphatic rings. The number of furan rings is 1. The molecule has 0 saturated heterocycles. The van der Waals surface area contributed by atoms with Crippen LogP contribution in [0.5, 0.6) is 0 Å². The molecule has 96 valence electrons. The normalized spacial score (nSPS) is 12.1. The van der Waals surface area contributed by atoms with Gasteiger partial charge in [0.15, 0.2) is 5.78 Å². The molecule has 1 aromatic carbocycles. The lowest BCUT2D eigenvalue weighted by Crippen LogP contribution is -2.12. The number of hydrogen-bond acceptors (Lipinski definition) is 2. The molecule has 1 heterocycles. The molecule has 0 aliphatic heterocycles. The highest BCUT2D eigenvalue weighted by atomic mass is 16.3. The Morgan fingerprint density at radius 2 is 1.94 bits per heavy atom. The maximum Gasteiger partial charge on any atom is 0.159 e. The highest BCUT2D eigenvalue weighted by molar-refractivity contribution is 5.98. The first-order valence-corrected chi connectivity index (χ1v) is 6.41. The second-order valence-corrected chi connectivity index (χ2v) is 5.77. The average molecular weight is 244 g/mol. The van der Waals surface area contributed by atoms with Crippen LogP contribution in [-0.2, 0) is 11.8 Å². The van der Waals surface area contributed by atoms with E-state index in [-0.39, 0.29) is 11.2 Å². The Bertz CT molecular complexity index is 597. The van der Waals surface area contributed by atoms with Gasteiger partial charge in [0.2, 0.25) is 0 Å². The van der Waals surface area contributed by atoms with Crippen molar-refractivity contribution < 1.29 is 9.21 Å². The van der Waals surface area contributed by atoms with E-state index in [9.17, 15) is 4.79 Å². The molecular weight excluding hydrogens is 224 g/mol. The second kappa shape index (κ2) is 4.27. The maximum absolute atomic E-state index is 11.5. The van der Waals surface area contributed by atoms with Crippen LogP contribution in [0.1, 0.15) is 56.3 Å². The number of aryl methyl sites for hydroxylation is 1. The Morgan fingerprint density at radius 3 is 2.44 bits per heavy atom. The topological polar surface area (TPSA) is 30.2 Å². The molecule has 0 spiro atoms. The Kier molecular flexibility index (Phi) is 3.05. The molecule has 0 N–H and O–H groups in total. The van der Waals surface area contributed by atoms with Crippen molar-refractivity contribution in [3.8, 4) is 0 Å². The third kappa shape index (κ3) is 2.07. The monoisotopic (exact) mass is 244 g/mol. The second-order valence-electron chi connectivity index (χ2n) is 5.77. The van der Waals surface area contributed by atoms with Crippen molar-refractivity contribution in [2.45, 2.75) is 46.5 Å². The van der Waals surface area contributed by atoms with Crippen molar-refractivity contribution in [1.82, 2.24) is 0 Å². The summed E-state index contributed by atoms with van der Waals surface area (Å²) in [4.78, 5) is 11.5. The van der Waals surface area contributed by atoms with Crippen LogP contribution in [0.2, 0.25) is 0 Å². The zero-order valence-electron chi connectivity index (χ0n) is 11.8. The van der Waals surface area contributed by atoms with E-state index in [1.807, 2.05) is 18.2 Å². The van der Waals surface area contributed by atoms with E-state index >= 15 is 0 Å². The fourth-order valence-corrected chi connectivity index (χ4v) is 2.44. The summed E-state index contributed by atoms with van der Waals surface area (Å²) >= 11 is 0. The van der Waals surface area contributed by atoms with Crippen molar-refractivity contribution in [3.05, 3.63) is 35.1 Å². The summed E-state index contributed by atoms with van der Waals surface area (Å²) in [5.74, 6) is 1.12. The molecule has 0 radical (unpaired) electrons. The summed E-state index contributed by atoms with van der Waals surface area (Å²) in [7, 11) is 0. The van der Waals surface area contributed by atoms with Gasteiger partial charge in [-0.15, -0.1) is 0 Å². The lowest BCUT2D eigenvalue weighted by Gasteiger charge is -2.19. The standard InChI is InChI=1S/C16H20O2/c1-6-13-15(16(3,4)5)12-9-11(10(2)17)7-8-14(12)18-13/h7-9H,6H2,1-5H3. The van der Waals surface area contributed by atoms with Gasteiger partial charge in [0.05, 0.1) is 0 Å². The first kappa shape index (κ1) is 12.9. The molecule has 0 bridgehead atoms. The molecule has 2 nitrogen and oxygen atoms in total. The molecule has 0 atom stereocenters. The minimum absolute atomic E-state index is 0.0198. The van der Waals surface area contributed by atoms with Gasteiger partial charge in [0.25, 0.3) is 0 Å². The lowest BCUT2D eigenvalue weighted by atomic mass is 9.84. The molecule has 18 heavy (non-hydrogen) atoms. The third-order valence-corrected chi connectivity index (χ3v) is 3.24. The summed E-state index contributed by atoms with van der Waals surface area (Å²) in [6.45, 7) is 10.2. The minimum atomic E-state index is 0.0198. The first-order valence-electron chi connectivity index (χ1n) is 6.41. The van der Waals surface area contributed by atoms with Crippen molar-refractivity contribution in [1.29, 1.82) is 0 Å². The lowest BCUT2D eigenvalue weighted by molar-refractivity contribution is 0.101. The van der Waals surface area contributed by atoms with Gasteiger partial charge in [-0.05, 0) is 30.5 Å². The SMILES string of the molecule is CCc1oc2ccc(C(C)=O)cc2c1C(C)(C)C. The third-order valence-electron chi connectivity index (χ3n) is 3.24. The molecule has 0 saturated carbocycles. The Labute approximate surface area is 108 Å². The quantitative estimate of drug-likeness (QED) is 0.728. The van der Waals surface area contributed by atoms with E-state index < -0.39 is 0 Å². The van der Waals surface area contributed by atoms with Crippen LogP contribution < -0.4 is 0 Å². The molecule has 0 aliphatic carbocycles. The Hall–Kier alpha value is -1.57. The van der Waals surface area contributed by atoms with E-state index in [4.69, 9.17) is 4.42 Å². The highest BCUT2D eigenvalue weighted by Gasteiger charge is 2.24. The predicted molar refractivity (Wildman–Crippen MR) is 74.3 cm³/mol. The molecule has 0 amide bonds. The van der Waals surface area contributed by atoms with E-state index in [0.717, 1.165) is 28.7 Å². The first-order chi connectivity index (χ1) is 8.34. The van der Waals surface area contributed by atoms with Crippen LogP contribution in [0.3, 0.4) is 0 Å². The summed E-state index contributed by atoms with van der Waals surface area (Å²) in [6.07, 6.45) is 0.872. The van der Waals surface area contributed by atoms with Crippen molar-refractivity contribution >= 4 is 16.8 Å². The van der Waals surface area contributed by atoms with E-state index in [1.165, 1.54) is 5.56 Å². The summed E-state index contributed by atoms with van der Waals surface area (Å²) in [5, 5.41) is 1.08. The number of Topliss-reactive ketones (excluding diaryl/α,β-unsaturated/α-hetero) is 1. The summed E-state index contributed by atoms with van der Waals surface area (Å²) < 4.78 is 5.90. The van der Waals surface area contributed by atoms with E-state index in [2.05, 4.69) is 27.7 Å². The Balaban J connectivity index is 2.79. The number of carbonyl (C=O) groups is 1. The molecular formula is C16H20O2. The van der Waals surface area contributed by atoms with Gasteiger partial charge >= 0.3 is 0 Å². The fraction of sp³-hybridized carbons (Fsp3) is 0.438. The maximum atomic E-state index is 11.5. The number of benzene rings is 1. The fourth-order valence-electron chi connectivity index (χ4n) is 2.44. The van der Waals surface area contributed by atoms with Crippen LogP contribution in [-0.4, -0.2) is 5.78 Å². The number of ketones is 1. The van der Waals surface area contributed by atoms with Gasteiger partial charge in [-0.25, -0.2) is 0 Å². The Morgan fingerprint density at radius 1 is 1.28 bits per heavy atom. The molecule has 0 fully saturated rings. The molecule has 2 heteroatoms. The van der Waals surface area contributed by atoms with Crippen LogP contribution >= 0.6 is 0 Å². The van der Waals surface area contributed by atoms with E-state index in [1.54, 1.807) is 6.92 Å². The zero-order chi connectivity index (χ0) is 13.5. The van der Waals surface area contributed by atoms with E-state index in [0.29, 0.717) is 0 Å². The smallest absolute Gasteiger partial charge is 0.159 e. The van der Waals surface area contributed by atoms with Crippen molar-refractivity contribution in [2.75, 3.05) is 0 Å². The number of hydrogen-bond donors (Lipinski definition) is 0. The van der Waals surface area contributed by atoms with Gasteiger partial charge < -0.3 is 4.42 Å². The largest absolute Gasteiger partial charge is 0.461 e. The zero-order valence-corrected chi connectivity index (χ0v) is 11.8. The van der Waals surface area contributed by atoms with Crippen molar-refractivity contribution in [3.63, 3.8) is 0 Å². The minimum Gasteiger partial charge on any atom is -0.461 e. The predicted octanol–water partition coefficient (Wildman–Crippen LogP) is 4.50. The van der Waals surface area contributed by atoms with Crippen LogP contribution in [0.25, 0.3) is 11.0 Å². The van der Waals surface area contributed by atoms with Crippen molar-refractivity contribution in [2.24, 2.45) is 0 Å². The summed E-state index contributed by atoms with van der Waals surface area (Å²) in [6, 6.07) is 5.70. The highest BCUT2D eigenvalue weighted by Crippen LogP contribution is 2.36. The average Bonchev–Trinajstić information content (AvgIpc) is 2.65. The molecule has 2 aromatic rings. The number of carbonyl (C=O) groups excluding carboxylic acids is 1. The van der Waals surface area contributed by atoms with Gasteiger partial charge in [-0.2, -0.15) is 0 Å². The molecule has 1 aromatic heterocycles.